The van der Waals surface area contributed by atoms with Crippen LogP contribution in [0.4, 0.5) is 0 Å². The van der Waals surface area contributed by atoms with Crippen molar-refractivity contribution in [2.75, 3.05) is 13.7 Å². The van der Waals surface area contributed by atoms with Gasteiger partial charge in [0.15, 0.2) is 0 Å². The summed E-state index contributed by atoms with van der Waals surface area (Å²) in [6.07, 6.45) is -0.437. The maximum absolute atomic E-state index is 13.1. The lowest BCUT2D eigenvalue weighted by Gasteiger charge is -2.25. The molecule has 0 bridgehead atoms. The molecule has 2 aromatic rings. The predicted octanol–water partition coefficient (Wildman–Crippen LogP) is 4.10. The second-order valence-corrected chi connectivity index (χ2v) is 10.7. The summed E-state index contributed by atoms with van der Waals surface area (Å²) in [5.74, 6) is 0.0284. The Morgan fingerprint density at radius 3 is 2.24 bits per heavy atom. The summed E-state index contributed by atoms with van der Waals surface area (Å²) in [4.78, 5) is 18.4. The minimum absolute atomic E-state index is 0.0764. The highest BCUT2D eigenvalue weighted by Gasteiger charge is 2.32. The topological polar surface area (TPSA) is 82.1 Å². The average Bonchev–Trinajstić information content (AvgIpc) is 3.10. The van der Waals surface area contributed by atoms with Crippen LogP contribution in [0.1, 0.15) is 34.6 Å². The molecule has 0 aliphatic rings. The first-order valence-electron chi connectivity index (χ1n) is 9.08. The van der Waals surface area contributed by atoms with Gasteiger partial charge in [-0.15, -0.1) is 11.3 Å². The Balaban J connectivity index is 2.28. The summed E-state index contributed by atoms with van der Waals surface area (Å²) in [6.45, 7) is 7.99. The maximum atomic E-state index is 13.1. The maximum Gasteiger partial charge on any atom is 0.324 e. The zero-order valence-electron chi connectivity index (χ0n) is 17.5. The van der Waals surface area contributed by atoms with Gasteiger partial charge in [-0.2, -0.15) is 0 Å². The van der Waals surface area contributed by atoms with Gasteiger partial charge in [-0.3, -0.25) is 9.63 Å². The van der Waals surface area contributed by atoms with E-state index in [-0.39, 0.29) is 4.21 Å². The molecule has 2 rings (SSSR count). The lowest BCUT2D eigenvalue weighted by atomic mass is 10.2. The molecule has 0 saturated carbocycles. The Morgan fingerprint density at radius 2 is 1.72 bits per heavy atom. The van der Waals surface area contributed by atoms with Gasteiger partial charge in [0, 0.05) is 4.88 Å². The summed E-state index contributed by atoms with van der Waals surface area (Å²) in [5.41, 5.74) is 0.134. The summed E-state index contributed by atoms with van der Waals surface area (Å²) in [7, 11) is -2.46. The third kappa shape index (κ3) is 6.53. The molecule has 9 heteroatoms. The van der Waals surface area contributed by atoms with Gasteiger partial charge in [0.1, 0.15) is 22.1 Å². The Bertz CT molecular complexity index is 927. The van der Waals surface area contributed by atoms with Crippen LogP contribution in [0.3, 0.4) is 0 Å². The molecule has 0 atom stereocenters. The molecule has 7 nitrogen and oxygen atoms in total. The molecule has 0 amide bonds. The lowest BCUT2D eigenvalue weighted by molar-refractivity contribution is -0.170. The van der Waals surface area contributed by atoms with E-state index in [4.69, 9.17) is 14.3 Å². The number of hydroxylamine groups is 1. The van der Waals surface area contributed by atoms with Gasteiger partial charge in [0.05, 0.1) is 13.2 Å². The second-order valence-electron chi connectivity index (χ2n) is 7.55. The highest BCUT2D eigenvalue weighted by Crippen LogP contribution is 2.33. The first-order chi connectivity index (χ1) is 13.4. The zero-order valence-corrected chi connectivity index (χ0v) is 19.1. The van der Waals surface area contributed by atoms with E-state index in [1.807, 2.05) is 12.1 Å². The van der Waals surface area contributed by atoms with E-state index in [0.29, 0.717) is 10.2 Å². The van der Waals surface area contributed by atoms with Crippen molar-refractivity contribution in [3.05, 3.63) is 36.4 Å². The van der Waals surface area contributed by atoms with Crippen LogP contribution in [0.25, 0.3) is 10.4 Å². The summed E-state index contributed by atoms with van der Waals surface area (Å²) < 4.78 is 37.4. The first-order valence-corrected chi connectivity index (χ1v) is 11.3. The van der Waals surface area contributed by atoms with Crippen molar-refractivity contribution in [3.63, 3.8) is 0 Å². The SMILES string of the molecule is COc1ccc(-c2ccc(S(=O)(=O)N(CC(=O)OC(C)(C)C)OC(C)C)s2)cc1. The fourth-order valence-corrected chi connectivity index (χ4v) is 5.05. The van der Waals surface area contributed by atoms with Crippen molar-refractivity contribution < 1.29 is 27.5 Å². The standard InChI is InChI=1S/C20H27NO6S2/c1-14(2)27-21(13-18(22)26-20(3,4)5)29(23,24)19-12-11-17(28-19)15-7-9-16(25-6)10-8-15/h7-12,14H,13H2,1-6H3. The third-order valence-electron chi connectivity index (χ3n) is 3.48. The van der Waals surface area contributed by atoms with Gasteiger partial charge in [0.2, 0.25) is 0 Å². The number of rotatable bonds is 8. The first kappa shape index (κ1) is 23.3. The minimum atomic E-state index is -4.04. The molecule has 0 saturated heterocycles. The number of carbonyl (C=O) groups is 1. The van der Waals surface area contributed by atoms with E-state index >= 15 is 0 Å². The van der Waals surface area contributed by atoms with Crippen LogP contribution in [0.15, 0.2) is 40.6 Å². The van der Waals surface area contributed by atoms with E-state index in [2.05, 4.69) is 0 Å². The summed E-state index contributed by atoms with van der Waals surface area (Å²) in [5, 5.41) is 0. The Morgan fingerprint density at radius 1 is 1.10 bits per heavy atom. The van der Waals surface area contributed by atoms with Crippen molar-refractivity contribution in [3.8, 4) is 16.2 Å². The van der Waals surface area contributed by atoms with Gasteiger partial charge >= 0.3 is 5.97 Å². The highest BCUT2D eigenvalue weighted by atomic mass is 32.2. The van der Waals surface area contributed by atoms with Crippen LogP contribution >= 0.6 is 11.3 Å². The van der Waals surface area contributed by atoms with Gasteiger partial charge in [-0.1, -0.05) is 4.47 Å². The van der Waals surface area contributed by atoms with Crippen molar-refractivity contribution in [1.82, 2.24) is 4.47 Å². The number of nitrogens with zero attached hydrogens (tertiary/aromatic N) is 1. The molecule has 0 unspecified atom stereocenters. The number of ether oxygens (including phenoxy) is 2. The molecule has 1 heterocycles. The molecular formula is C20H27NO6S2. The predicted molar refractivity (Wildman–Crippen MR) is 112 cm³/mol. The minimum Gasteiger partial charge on any atom is -0.497 e. The molecule has 0 radical (unpaired) electrons. The summed E-state index contributed by atoms with van der Waals surface area (Å²) >= 11 is 1.10. The summed E-state index contributed by atoms with van der Waals surface area (Å²) in [6, 6.07) is 10.5. The molecule has 29 heavy (non-hydrogen) atoms. The van der Waals surface area contributed by atoms with Gasteiger partial charge < -0.3 is 9.47 Å². The molecule has 0 N–H and O–H groups in total. The number of thiophene rings is 1. The molecule has 0 spiro atoms. The van der Waals surface area contributed by atoms with Crippen LogP contribution in [-0.2, 0) is 24.4 Å². The largest absolute Gasteiger partial charge is 0.497 e. The Labute approximate surface area is 176 Å². The van der Waals surface area contributed by atoms with Crippen LogP contribution in [-0.4, -0.2) is 44.2 Å². The van der Waals surface area contributed by atoms with Crippen molar-refractivity contribution in [2.45, 2.75) is 50.5 Å². The van der Waals surface area contributed by atoms with Crippen LogP contribution in [0.5, 0.6) is 5.75 Å². The highest BCUT2D eigenvalue weighted by molar-refractivity contribution is 7.91. The van der Waals surface area contributed by atoms with E-state index in [0.717, 1.165) is 21.8 Å². The van der Waals surface area contributed by atoms with Gasteiger partial charge in [0.25, 0.3) is 10.0 Å². The fraction of sp³-hybridized carbons (Fsp3) is 0.450. The fourth-order valence-electron chi connectivity index (χ4n) is 2.36. The average molecular weight is 442 g/mol. The molecule has 0 aliphatic heterocycles. The zero-order chi connectivity index (χ0) is 21.8. The van der Waals surface area contributed by atoms with E-state index in [1.54, 1.807) is 59.9 Å². The molecule has 1 aromatic heterocycles. The van der Waals surface area contributed by atoms with Gasteiger partial charge in [-0.05, 0) is 76.6 Å². The quantitative estimate of drug-likeness (QED) is 0.453. The van der Waals surface area contributed by atoms with E-state index in [9.17, 15) is 13.2 Å². The lowest BCUT2D eigenvalue weighted by Crippen LogP contribution is -2.39. The van der Waals surface area contributed by atoms with E-state index in [1.165, 1.54) is 6.07 Å². The van der Waals surface area contributed by atoms with Crippen molar-refractivity contribution in [1.29, 1.82) is 0 Å². The smallest absolute Gasteiger partial charge is 0.324 e. The number of hydrogen-bond donors (Lipinski definition) is 0. The molecule has 0 aliphatic carbocycles. The monoisotopic (exact) mass is 441 g/mol. The van der Waals surface area contributed by atoms with Crippen LogP contribution in [0, 0.1) is 0 Å². The van der Waals surface area contributed by atoms with Crippen LogP contribution < -0.4 is 4.74 Å². The number of sulfonamides is 1. The normalized spacial score (nSPS) is 12.4. The van der Waals surface area contributed by atoms with Gasteiger partial charge in [-0.25, -0.2) is 8.42 Å². The molecular weight excluding hydrogens is 414 g/mol. The third-order valence-corrected chi connectivity index (χ3v) is 6.69. The molecule has 0 fully saturated rings. The Kier molecular flexibility index (Phi) is 7.45. The Hall–Kier alpha value is -1.94. The number of esters is 1. The second kappa shape index (κ2) is 9.25. The van der Waals surface area contributed by atoms with Crippen molar-refractivity contribution in [2.24, 2.45) is 0 Å². The van der Waals surface area contributed by atoms with Crippen LogP contribution in [0.2, 0.25) is 0 Å². The number of benzene rings is 1. The van der Waals surface area contributed by atoms with E-state index < -0.39 is 34.2 Å². The number of hydrogen-bond acceptors (Lipinski definition) is 7. The molecule has 1 aromatic carbocycles. The molecule has 160 valence electrons. The number of carbonyl (C=O) groups excluding carboxylic acids is 1. The number of methoxy groups -OCH3 is 1. The van der Waals surface area contributed by atoms with Crippen molar-refractivity contribution >= 4 is 27.3 Å².